The Balaban J connectivity index is 1.67. The lowest BCUT2D eigenvalue weighted by atomic mass is 9.99. The van der Waals surface area contributed by atoms with E-state index in [0.717, 1.165) is 22.3 Å². The lowest BCUT2D eigenvalue weighted by Gasteiger charge is -2.09. The SMILES string of the molecule is Cc1[nH]c2ccccc2c1C(=O)/C(C#N)=C/c1ccccc1OCc1ccccn1. The number of carbonyl (C=O) groups is 1. The number of para-hydroxylation sites is 2. The van der Waals surface area contributed by atoms with Crippen LogP contribution in [-0.2, 0) is 6.61 Å². The van der Waals surface area contributed by atoms with E-state index in [4.69, 9.17) is 4.74 Å². The zero-order chi connectivity index (χ0) is 20.9. The zero-order valence-electron chi connectivity index (χ0n) is 16.4. The van der Waals surface area contributed by atoms with Gasteiger partial charge in [-0.15, -0.1) is 0 Å². The number of pyridine rings is 1. The summed E-state index contributed by atoms with van der Waals surface area (Å²) in [6.07, 6.45) is 3.29. The highest BCUT2D eigenvalue weighted by molar-refractivity contribution is 6.20. The highest BCUT2D eigenvalue weighted by atomic mass is 16.5. The first-order valence-electron chi connectivity index (χ1n) is 9.53. The molecule has 1 N–H and O–H groups in total. The topological polar surface area (TPSA) is 78.8 Å². The number of hydrogen-bond acceptors (Lipinski definition) is 4. The van der Waals surface area contributed by atoms with Crippen molar-refractivity contribution >= 4 is 22.8 Å². The van der Waals surface area contributed by atoms with Crippen molar-refractivity contribution in [2.45, 2.75) is 13.5 Å². The van der Waals surface area contributed by atoms with Gasteiger partial charge in [0.2, 0.25) is 5.78 Å². The number of nitrogens with one attached hydrogen (secondary N) is 1. The number of rotatable bonds is 6. The molecule has 2 heterocycles. The van der Waals surface area contributed by atoms with E-state index >= 15 is 0 Å². The molecule has 4 aromatic rings. The van der Waals surface area contributed by atoms with Gasteiger partial charge in [-0.05, 0) is 37.3 Å². The van der Waals surface area contributed by atoms with Crippen LogP contribution in [0.15, 0.2) is 78.5 Å². The lowest BCUT2D eigenvalue weighted by Crippen LogP contribution is -2.04. The van der Waals surface area contributed by atoms with Crippen LogP contribution in [0.2, 0.25) is 0 Å². The number of aromatic nitrogens is 2. The molecule has 0 fully saturated rings. The fourth-order valence-electron chi connectivity index (χ4n) is 3.37. The number of aryl methyl sites for hydroxylation is 1. The molecule has 0 aliphatic rings. The molecule has 0 unspecified atom stereocenters. The summed E-state index contributed by atoms with van der Waals surface area (Å²) in [6.45, 7) is 2.13. The third-order valence-electron chi connectivity index (χ3n) is 4.81. The van der Waals surface area contributed by atoms with Crippen LogP contribution in [0.4, 0.5) is 0 Å². The molecular weight excluding hydrogens is 374 g/mol. The van der Waals surface area contributed by atoms with E-state index < -0.39 is 0 Å². The highest BCUT2D eigenvalue weighted by Gasteiger charge is 2.20. The summed E-state index contributed by atoms with van der Waals surface area (Å²) in [5.41, 5.74) is 3.64. The predicted molar refractivity (Wildman–Crippen MR) is 116 cm³/mol. The molecule has 0 radical (unpaired) electrons. The number of allylic oxidation sites excluding steroid dienone is 1. The molecule has 0 saturated carbocycles. The van der Waals surface area contributed by atoms with Gasteiger partial charge in [-0.1, -0.05) is 42.5 Å². The summed E-state index contributed by atoms with van der Waals surface area (Å²) in [5.74, 6) is 0.270. The second kappa shape index (κ2) is 8.46. The monoisotopic (exact) mass is 393 g/mol. The van der Waals surface area contributed by atoms with Gasteiger partial charge in [-0.2, -0.15) is 5.26 Å². The third-order valence-corrected chi connectivity index (χ3v) is 4.81. The molecule has 0 aliphatic carbocycles. The molecule has 30 heavy (non-hydrogen) atoms. The Labute approximate surface area is 174 Å². The number of ketones is 1. The van der Waals surface area contributed by atoms with Crippen LogP contribution in [-0.4, -0.2) is 15.8 Å². The Bertz CT molecular complexity index is 1280. The molecule has 0 bridgehead atoms. The van der Waals surface area contributed by atoms with Crippen molar-refractivity contribution in [2.75, 3.05) is 0 Å². The standard InChI is InChI=1S/C25H19N3O2/c1-17-24(21-10-3-4-11-22(21)28-17)25(29)19(15-26)14-18-8-2-5-12-23(18)30-16-20-9-6-7-13-27-20/h2-14,28H,16H2,1H3/b19-14+. The number of carbonyl (C=O) groups excluding carboxylic acids is 1. The molecule has 5 nitrogen and oxygen atoms in total. The van der Waals surface area contributed by atoms with E-state index in [-0.39, 0.29) is 11.4 Å². The van der Waals surface area contributed by atoms with Crippen LogP contribution in [0.1, 0.15) is 27.3 Å². The number of H-pyrrole nitrogens is 1. The molecule has 0 atom stereocenters. The van der Waals surface area contributed by atoms with Gasteiger partial charge in [-0.25, -0.2) is 0 Å². The predicted octanol–water partition coefficient (Wildman–Crippen LogP) is 5.24. The number of nitrogens with zero attached hydrogens (tertiary/aromatic N) is 2. The van der Waals surface area contributed by atoms with Gasteiger partial charge < -0.3 is 9.72 Å². The maximum Gasteiger partial charge on any atom is 0.205 e. The lowest BCUT2D eigenvalue weighted by molar-refractivity contribution is 0.104. The van der Waals surface area contributed by atoms with Crippen molar-refractivity contribution in [1.29, 1.82) is 5.26 Å². The first-order chi connectivity index (χ1) is 14.7. The molecule has 0 amide bonds. The van der Waals surface area contributed by atoms with Crippen molar-refractivity contribution in [2.24, 2.45) is 0 Å². The number of nitriles is 1. The Hall–Kier alpha value is -4.17. The normalized spacial score (nSPS) is 11.3. The van der Waals surface area contributed by atoms with Gasteiger partial charge in [-0.3, -0.25) is 9.78 Å². The zero-order valence-corrected chi connectivity index (χ0v) is 16.4. The van der Waals surface area contributed by atoms with Crippen molar-refractivity contribution in [3.63, 3.8) is 0 Å². The molecule has 0 saturated heterocycles. The summed E-state index contributed by atoms with van der Waals surface area (Å²) in [5, 5.41) is 10.5. The summed E-state index contributed by atoms with van der Waals surface area (Å²) < 4.78 is 5.90. The van der Waals surface area contributed by atoms with E-state index in [2.05, 4.69) is 16.0 Å². The second-order valence-corrected chi connectivity index (χ2v) is 6.82. The van der Waals surface area contributed by atoms with Crippen molar-refractivity contribution in [3.8, 4) is 11.8 Å². The number of ether oxygens (including phenoxy) is 1. The van der Waals surface area contributed by atoms with Gasteiger partial charge in [0.25, 0.3) is 0 Å². The quantitative estimate of drug-likeness (QED) is 0.276. The third kappa shape index (κ3) is 3.85. The van der Waals surface area contributed by atoms with Crippen molar-refractivity contribution < 1.29 is 9.53 Å². The smallest absolute Gasteiger partial charge is 0.205 e. The second-order valence-electron chi connectivity index (χ2n) is 6.82. The minimum absolute atomic E-state index is 0.0525. The maximum atomic E-state index is 13.2. The van der Waals surface area contributed by atoms with Gasteiger partial charge in [0.1, 0.15) is 24.0 Å². The van der Waals surface area contributed by atoms with Crippen LogP contribution in [0.5, 0.6) is 5.75 Å². The van der Waals surface area contributed by atoms with Crippen LogP contribution in [0.3, 0.4) is 0 Å². The van der Waals surface area contributed by atoms with Gasteiger partial charge in [0, 0.05) is 28.4 Å². The highest BCUT2D eigenvalue weighted by Crippen LogP contribution is 2.27. The molecule has 2 aromatic heterocycles. The number of benzene rings is 2. The molecule has 0 aliphatic heterocycles. The van der Waals surface area contributed by atoms with E-state index in [0.29, 0.717) is 23.5 Å². The van der Waals surface area contributed by atoms with Crippen molar-refractivity contribution in [3.05, 3.63) is 101 Å². The molecular formula is C25H19N3O2. The summed E-state index contributed by atoms with van der Waals surface area (Å²) in [6, 6.07) is 22.6. The van der Waals surface area contributed by atoms with Crippen LogP contribution in [0.25, 0.3) is 17.0 Å². The van der Waals surface area contributed by atoms with Crippen LogP contribution < -0.4 is 4.74 Å². The fraction of sp³-hybridized carbons (Fsp3) is 0.0800. The van der Waals surface area contributed by atoms with E-state index in [1.165, 1.54) is 0 Å². The number of hydrogen-bond donors (Lipinski definition) is 1. The molecule has 0 spiro atoms. The molecule has 2 aromatic carbocycles. The Morgan fingerprint density at radius 1 is 1.10 bits per heavy atom. The Kier molecular flexibility index (Phi) is 5.40. The number of aromatic amines is 1. The minimum atomic E-state index is -0.313. The van der Waals surface area contributed by atoms with Crippen LogP contribution in [0, 0.1) is 18.3 Å². The first kappa shape index (κ1) is 19.2. The Morgan fingerprint density at radius 3 is 2.67 bits per heavy atom. The molecule has 4 rings (SSSR count). The summed E-state index contributed by atoms with van der Waals surface area (Å²) >= 11 is 0. The Morgan fingerprint density at radius 2 is 1.87 bits per heavy atom. The average Bonchev–Trinajstić information content (AvgIpc) is 3.12. The van der Waals surface area contributed by atoms with Gasteiger partial charge >= 0.3 is 0 Å². The van der Waals surface area contributed by atoms with E-state index in [1.807, 2.05) is 73.7 Å². The van der Waals surface area contributed by atoms with E-state index in [1.54, 1.807) is 12.3 Å². The van der Waals surface area contributed by atoms with Crippen molar-refractivity contribution in [1.82, 2.24) is 9.97 Å². The van der Waals surface area contributed by atoms with Crippen LogP contribution >= 0.6 is 0 Å². The maximum absolute atomic E-state index is 13.2. The molecule has 146 valence electrons. The van der Waals surface area contributed by atoms with E-state index in [9.17, 15) is 10.1 Å². The number of fused-ring (bicyclic) bond motifs is 1. The fourth-order valence-corrected chi connectivity index (χ4v) is 3.37. The average molecular weight is 393 g/mol. The molecule has 5 heteroatoms. The summed E-state index contributed by atoms with van der Waals surface area (Å²) in [7, 11) is 0. The first-order valence-corrected chi connectivity index (χ1v) is 9.53. The van der Waals surface area contributed by atoms with Gasteiger partial charge in [0.15, 0.2) is 0 Å². The number of Topliss-reactive ketones (excluding diaryl/α,β-unsaturated/α-hetero) is 1. The minimum Gasteiger partial charge on any atom is -0.487 e. The van der Waals surface area contributed by atoms with Gasteiger partial charge in [0.05, 0.1) is 11.3 Å². The summed E-state index contributed by atoms with van der Waals surface area (Å²) in [4.78, 5) is 20.7. The largest absolute Gasteiger partial charge is 0.487 e.